The van der Waals surface area contributed by atoms with E-state index in [1.807, 2.05) is 19.1 Å². The zero-order valence-electron chi connectivity index (χ0n) is 12.1. The summed E-state index contributed by atoms with van der Waals surface area (Å²) in [5, 5.41) is 16.0. The zero-order chi connectivity index (χ0) is 14.8. The van der Waals surface area contributed by atoms with E-state index in [4.69, 9.17) is 0 Å². The lowest BCUT2D eigenvalue weighted by Crippen LogP contribution is -2.47. The number of hydrogen-bond donors (Lipinski definition) is 2. The first-order valence-corrected chi connectivity index (χ1v) is 8.23. The number of β-amino-alcohol motifs (C(OH)–C–C–N with tert-alkyl or cyclic N) is 1. The van der Waals surface area contributed by atoms with E-state index in [9.17, 15) is 9.90 Å². The minimum Gasteiger partial charge on any atom is -0.391 e. The average Bonchev–Trinajstić information content (AvgIpc) is 2.91. The van der Waals surface area contributed by atoms with E-state index < -0.39 is 0 Å². The summed E-state index contributed by atoms with van der Waals surface area (Å²) in [6.07, 6.45) is 1.26. The average molecular weight is 304 g/mol. The van der Waals surface area contributed by atoms with E-state index in [2.05, 4.69) is 22.8 Å². The van der Waals surface area contributed by atoms with Crippen LogP contribution in [0.1, 0.15) is 31.4 Å². The third kappa shape index (κ3) is 3.04. The molecule has 4 nitrogen and oxygen atoms in total. The van der Waals surface area contributed by atoms with Crippen molar-refractivity contribution in [1.82, 2.24) is 10.2 Å². The fourth-order valence-corrected chi connectivity index (χ4v) is 3.88. The largest absolute Gasteiger partial charge is 0.391 e. The van der Waals surface area contributed by atoms with Crippen LogP contribution >= 0.6 is 11.3 Å². The molecule has 1 saturated heterocycles. The van der Waals surface area contributed by atoms with Crippen molar-refractivity contribution in [2.24, 2.45) is 0 Å². The van der Waals surface area contributed by atoms with Gasteiger partial charge in [0, 0.05) is 17.8 Å². The number of urea groups is 1. The van der Waals surface area contributed by atoms with Gasteiger partial charge in [-0.2, -0.15) is 0 Å². The molecule has 2 aromatic rings. The van der Waals surface area contributed by atoms with E-state index in [1.165, 1.54) is 10.1 Å². The van der Waals surface area contributed by atoms with Crippen molar-refractivity contribution < 1.29 is 9.90 Å². The minimum absolute atomic E-state index is 0.0345. The molecule has 0 spiro atoms. The van der Waals surface area contributed by atoms with Crippen LogP contribution in [0.3, 0.4) is 0 Å². The number of carbonyl (C=O) groups excluding carboxylic acids is 1. The molecule has 1 aromatic carbocycles. The van der Waals surface area contributed by atoms with E-state index in [-0.39, 0.29) is 18.2 Å². The van der Waals surface area contributed by atoms with Gasteiger partial charge >= 0.3 is 6.03 Å². The molecule has 2 N–H and O–H groups in total. The van der Waals surface area contributed by atoms with Crippen molar-refractivity contribution in [3.63, 3.8) is 0 Å². The first-order chi connectivity index (χ1) is 10.1. The zero-order valence-corrected chi connectivity index (χ0v) is 12.9. The summed E-state index contributed by atoms with van der Waals surface area (Å²) in [5.74, 6) is 0. The van der Waals surface area contributed by atoms with Gasteiger partial charge in [-0.15, -0.1) is 11.3 Å². The summed E-state index contributed by atoms with van der Waals surface area (Å²) in [7, 11) is 0. The summed E-state index contributed by atoms with van der Waals surface area (Å²) in [4.78, 5) is 14.0. The van der Waals surface area contributed by atoms with Crippen molar-refractivity contribution in [3.05, 3.63) is 35.2 Å². The summed E-state index contributed by atoms with van der Waals surface area (Å²) in [6.45, 7) is 3.16. The Labute approximate surface area is 128 Å². The lowest BCUT2D eigenvalue weighted by atomic mass is 10.1. The highest BCUT2D eigenvalue weighted by molar-refractivity contribution is 7.17. The molecule has 0 aliphatic carbocycles. The lowest BCUT2D eigenvalue weighted by molar-refractivity contribution is 0.0835. The summed E-state index contributed by atoms with van der Waals surface area (Å²) < 4.78 is 1.24. The normalized spacial score (nSPS) is 20.5. The molecule has 0 radical (unpaired) electrons. The molecule has 3 rings (SSSR count). The van der Waals surface area contributed by atoms with Gasteiger partial charge in [0.2, 0.25) is 0 Å². The molecular formula is C16H20N2O2S. The number of benzene rings is 1. The maximum atomic E-state index is 12.3. The van der Waals surface area contributed by atoms with Gasteiger partial charge in [0.1, 0.15) is 0 Å². The number of hydrogen-bond acceptors (Lipinski definition) is 3. The molecular weight excluding hydrogens is 284 g/mol. The number of likely N-dealkylation sites (tertiary alicyclic amines) is 1. The van der Waals surface area contributed by atoms with E-state index in [0.29, 0.717) is 6.54 Å². The second-order valence-corrected chi connectivity index (χ2v) is 6.51. The number of nitrogens with one attached hydrogen (secondary N) is 1. The van der Waals surface area contributed by atoms with E-state index in [0.717, 1.165) is 24.9 Å². The third-order valence-corrected chi connectivity index (χ3v) is 4.98. The van der Waals surface area contributed by atoms with Crippen LogP contribution in [0.4, 0.5) is 4.79 Å². The predicted octanol–water partition coefficient (Wildman–Crippen LogP) is 3.13. The molecule has 1 aromatic heterocycles. The molecule has 112 valence electrons. The Balaban J connectivity index is 1.71. The highest BCUT2D eigenvalue weighted by atomic mass is 32.1. The number of piperidine rings is 1. The Hall–Kier alpha value is -1.59. The Kier molecular flexibility index (Phi) is 4.12. The first-order valence-electron chi connectivity index (χ1n) is 7.35. The van der Waals surface area contributed by atoms with Crippen LogP contribution in [0, 0.1) is 0 Å². The monoisotopic (exact) mass is 304 g/mol. The fraction of sp³-hybridized carbons (Fsp3) is 0.438. The van der Waals surface area contributed by atoms with E-state index in [1.54, 1.807) is 16.2 Å². The van der Waals surface area contributed by atoms with Crippen molar-refractivity contribution in [3.8, 4) is 0 Å². The van der Waals surface area contributed by atoms with Crippen molar-refractivity contribution in [2.75, 3.05) is 13.1 Å². The first kappa shape index (κ1) is 14.4. The standard InChI is InChI=1S/C16H20N2O2S/c1-11(14-10-21-15-7-3-2-6-13(14)15)17-16(20)18-8-4-5-12(19)9-18/h2-3,6-7,10-12,19H,4-5,8-9H2,1H3,(H,17,20). The van der Waals surface area contributed by atoms with E-state index >= 15 is 0 Å². The van der Waals surface area contributed by atoms with Crippen LogP contribution in [0.5, 0.6) is 0 Å². The molecule has 2 heterocycles. The Bertz CT molecular complexity index is 640. The van der Waals surface area contributed by atoms with Crippen molar-refractivity contribution >= 4 is 27.5 Å². The molecule has 5 heteroatoms. The Morgan fingerprint density at radius 2 is 2.29 bits per heavy atom. The van der Waals surface area contributed by atoms with Gasteiger partial charge < -0.3 is 15.3 Å². The predicted molar refractivity (Wildman–Crippen MR) is 85.6 cm³/mol. The number of thiophene rings is 1. The second kappa shape index (κ2) is 6.03. The molecule has 0 bridgehead atoms. The number of amides is 2. The Morgan fingerprint density at radius 1 is 1.48 bits per heavy atom. The number of aliphatic hydroxyl groups excluding tert-OH is 1. The van der Waals surface area contributed by atoms with Gasteiger partial charge in [-0.05, 0) is 42.2 Å². The molecule has 2 atom stereocenters. The summed E-state index contributed by atoms with van der Waals surface area (Å²) in [6, 6.07) is 8.12. The molecule has 1 aliphatic heterocycles. The SMILES string of the molecule is CC(NC(=O)N1CCCC(O)C1)c1csc2ccccc12. The molecule has 2 amide bonds. The van der Waals surface area contributed by atoms with Crippen LogP contribution in [0.15, 0.2) is 29.6 Å². The highest BCUT2D eigenvalue weighted by Crippen LogP contribution is 2.30. The summed E-state index contributed by atoms with van der Waals surface area (Å²) >= 11 is 1.70. The second-order valence-electron chi connectivity index (χ2n) is 5.60. The van der Waals surface area contributed by atoms with Crippen molar-refractivity contribution in [1.29, 1.82) is 0 Å². The van der Waals surface area contributed by atoms with Gasteiger partial charge in [0.05, 0.1) is 12.1 Å². The van der Waals surface area contributed by atoms with Crippen molar-refractivity contribution in [2.45, 2.75) is 31.9 Å². The maximum absolute atomic E-state index is 12.3. The number of rotatable bonds is 2. The highest BCUT2D eigenvalue weighted by Gasteiger charge is 2.23. The lowest BCUT2D eigenvalue weighted by Gasteiger charge is -2.31. The number of aliphatic hydroxyl groups is 1. The maximum Gasteiger partial charge on any atom is 0.317 e. The van der Waals surface area contributed by atoms with Gasteiger partial charge in [0.25, 0.3) is 0 Å². The van der Waals surface area contributed by atoms with Crippen LogP contribution in [0.2, 0.25) is 0 Å². The molecule has 21 heavy (non-hydrogen) atoms. The molecule has 2 unspecified atom stereocenters. The minimum atomic E-state index is -0.387. The third-order valence-electron chi connectivity index (χ3n) is 4.00. The summed E-state index contributed by atoms with van der Waals surface area (Å²) in [5.41, 5.74) is 1.15. The van der Waals surface area contributed by atoms with Crippen LogP contribution in [0.25, 0.3) is 10.1 Å². The van der Waals surface area contributed by atoms with Gasteiger partial charge in [-0.3, -0.25) is 0 Å². The van der Waals surface area contributed by atoms with Crippen LogP contribution < -0.4 is 5.32 Å². The topological polar surface area (TPSA) is 52.6 Å². The van der Waals surface area contributed by atoms with Gasteiger partial charge in [-0.1, -0.05) is 18.2 Å². The molecule has 0 saturated carbocycles. The fourth-order valence-electron chi connectivity index (χ4n) is 2.83. The molecule has 1 aliphatic rings. The molecule has 1 fully saturated rings. The van der Waals surface area contributed by atoms with Crippen LogP contribution in [-0.4, -0.2) is 35.2 Å². The van der Waals surface area contributed by atoms with Gasteiger partial charge in [0.15, 0.2) is 0 Å². The van der Waals surface area contributed by atoms with Gasteiger partial charge in [-0.25, -0.2) is 4.79 Å². The number of carbonyl (C=O) groups is 1. The number of fused-ring (bicyclic) bond motifs is 1. The quantitative estimate of drug-likeness (QED) is 0.895. The smallest absolute Gasteiger partial charge is 0.317 e. The van der Waals surface area contributed by atoms with Crippen LogP contribution in [-0.2, 0) is 0 Å². The Morgan fingerprint density at radius 3 is 3.10 bits per heavy atom. The number of nitrogens with zero attached hydrogens (tertiary/aromatic N) is 1.